The molecule has 0 aliphatic heterocycles. The summed E-state index contributed by atoms with van der Waals surface area (Å²) in [7, 11) is 0. The van der Waals surface area contributed by atoms with Crippen LogP contribution < -0.4 is 0 Å². The molecule has 1 aromatic heterocycles. The van der Waals surface area contributed by atoms with Gasteiger partial charge in [0.2, 0.25) is 11.5 Å². The largest absolute Gasteiger partial charge is 0.297 e. The molecule has 32 heavy (non-hydrogen) atoms. The minimum absolute atomic E-state index is 0.196. The van der Waals surface area contributed by atoms with Crippen molar-refractivity contribution in [3.8, 4) is 5.69 Å². The van der Waals surface area contributed by atoms with Gasteiger partial charge in [-0.15, -0.1) is 0 Å². The molecule has 0 aliphatic carbocycles. The zero-order valence-corrected chi connectivity index (χ0v) is 17.7. The highest BCUT2D eigenvalue weighted by Crippen LogP contribution is 2.37. The number of rotatable bonds is 8. The summed E-state index contributed by atoms with van der Waals surface area (Å²) in [4.78, 5) is 29.3. The third-order valence-corrected chi connectivity index (χ3v) is 5.80. The molecule has 0 fully saturated rings. The van der Waals surface area contributed by atoms with Gasteiger partial charge in [-0.3, -0.25) is 19.5 Å². The highest BCUT2D eigenvalue weighted by Gasteiger charge is 2.38. The first-order valence-corrected chi connectivity index (χ1v) is 10.5. The van der Waals surface area contributed by atoms with Crippen molar-refractivity contribution in [3.05, 3.63) is 119 Å². The molecule has 160 valence electrons. The molecule has 2 atom stereocenters. The van der Waals surface area contributed by atoms with Crippen LogP contribution in [0.4, 0.5) is 0 Å². The van der Waals surface area contributed by atoms with Crippen LogP contribution in [0.1, 0.15) is 35.4 Å². The van der Waals surface area contributed by atoms with Crippen LogP contribution in [0.2, 0.25) is 0 Å². The Labute approximate surface area is 186 Å². The van der Waals surface area contributed by atoms with Gasteiger partial charge >= 0.3 is 0 Å². The Hall–Kier alpha value is -4.06. The van der Waals surface area contributed by atoms with Crippen LogP contribution in [0, 0.1) is 16.0 Å². The first-order valence-electron chi connectivity index (χ1n) is 10.5. The number of imidazole rings is 1. The van der Waals surface area contributed by atoms with Crippen LogP contribution in [-0.4, -0.2) is 20.3 Å². The number of carbonyl (C=O) groups excluding carboxylic acids is 1. The molecule has 0 saturated carbocycles. The van der Waals surface area contributed by atoms with E-state index in [4.69, 9.17) is 0 Å². The van der Waals surface area contributed by atoms with E-state index in [9.17, 15) is 14.9 Å². The Balaban J connectivity index is 1.79. The molecule has 0 unspecified atom stereocenters. The average molecular weight is 425 g/mol. The molecule has 6 heteroatoms. The van der Waals surface area contributed by atoms with Gasteiger partial charge in [0.25, 0.3) is 0 Å². The summed E-state index contributed by atoms with van der Waals surface area (Å²) in [5, 5.41) is 13.8. The number of hydrogen-bond acceptors (Lipinski definition) is 4. The van der Waals surface area contributed by atoms with E-state index in [0.29, 0.717) is 12.0 Å². The molecule has 0 spiro atoms. The molecule has 6 nitrogen and oxygen atoms in total. The van der Waals surface area contributed by atoms with E-state index >= 15 is 0 Å². The average Bonchev–Trinajstić information content (AvgIpc) is 3.32. The van der Waals surface area contributed by atoms with Crippen molar-refractivity contribution in [2.24, 2.45) is 5.92 Å². The van der Waals surface area contributed by atoms with E-state index in [0.717, 1.165) is 16.5 Å². The van der Waals surface area contributed by atoms with Gasteiger partial charge in [-0.25, -0.2) is 4.98 Å². The van der Waals surface area contributed by atoms with Gasteiger partial charge in [0.1, 0.15) is 0 Å². The fourth-order valence-corrected chi connectivity index (χ4v) is 4.19. The van der Waals surface area contributed by atoms with E-state index in [2.05, 4.69) is 11.6 Å². The number of Topliss-reactive ketones (excluding diaryl/α,β-unsaturated/α-hetero) is 1. The number of nitro groups is 1. The van der Waals surface area contributed by atoms with Crippen LogP contribution in [-0.2, 0) is 0 Å². The molecular weight excluding hydrogens is 402 g/mol. The van der Waals surface area contributed by atoms with Gasteiger partial charge < -0.3 is 0 Å². The van der Waals surface area contributed by atoms with Crippen LogP contribution in [0.3, 0.4) is 0 Å². The maximum atomic E-state index is 13.7. The van der Waals surface area contributed by atoms with Crippen molar-refractivity contribution in [2.45, 2.75) is 19.3 Å². The summed E-state index contributed by atoms with van der Waals surface area (Å²) in [6, 6.07) is 22.9. The number of para-hydroxylation sites is 1. The van der Waals surface area contributed by atoms with E-state index in [1.807, 2.05) is 79.7 Å². The van der Waals surface area contributed by atoms with Crippen molar-refractivity contribution in [3.63, 3.8) is 0 Å². The number of ketones is 1. The summed E-state index contributed by atoms with van der Waals surface area (Å²) in [5.74, 6) is -1.44. The molecule has 0 bridgehead atoms. The van der Waals surface area contributed by atoms with E-state index in [1.165, 1.54) is 0 Å². The predicted molar refractivity (Wildman–Crippen MR) is 124 cm³/mol. The zero-order valence-electron chi connectivity index (χ0n) is 17.7. The third-order valence-electron chi connectivity index (χ3n) is 5.80. The normalized spacial score (nSPS) is 12.9. The molecule has 0 amide bonds. The summed E-state index contributed by atoms with van der Waals surface area (Å²) >= 11 is 0. The van der Waals surface area contributed by atoms with Gasteiger partial charge in [-0.1, -0.05) is 67.6 Å². The SMILES string of the molecule is C=C([C@@H](c1ccc2ccccc2c1)[C@H](CC)C(=O)c1nccn1-c1ccccc1)[N+](=O)[O-]. The second-order valence-electron chi connectivity index (χ2n) is 7.67. The summed E-state index contributed by atoms with van der Waals surface area (Å²) in [6.07, 6.45) is 3.70. The van der Waals surface area contributed by atoms with E-state index < -0.39 is 16.8 Å². The number of benzene rings is 3. The molecule has 0 N–H and O–H groups in total. The van der Waals surface area contributed by atoms with Crippen molar-refractivity contribution >= 4 is 16.6 Å². The molecule has 4 rings (SSSR count). The van der Waals surface area contributed by atoms with Crippen molar-refractivity contribution in [2.75, 3.05) is 0 Å². The number of allylic oxidation sites excluding steroid dienone is 1. The van der Waals surface area contributed by atoms with Crippen molar-refractivity contribution in [1.82, 2.24) is 9.55 Å². The van der Waals surface area contributed by atoms with Crippen LogP contribution in [0.5, 0.6) is 0 Å². The molecule has 4 aromatic rings. The van der Waals surface area contributed by atoms with Gasteiger partial charge in [-0.05, 0) is 41.5 Å². The maximum Gasteiger partial charge on any atom is 0.247 e. The minimum atomic E-state index is -0.770. The lowest BCUT2D eigenvalue weighted by Gasteiger charge is -2.23. The second kappa shape index (κ2) is 8.98. The topological polar surface area (TPSA) is 78.0 Å². The lowest BCUT2D eigenvalue weighted by molar-refractivity contribution is -0.430. The predicted octanol–water partition coefficient (Wildman–Crippen LogP) is 5.81. The quantitative estimate of drug-likeness (QED) is 0.203. The van der Waals surface area contributed by atoms with Crippen LogP contribution >= 0.6 is 0 Å². The molecule has 3 aromatic carbocycles. The summed E-state index contributed by atoms with van der Waals surface area (Å²) in [5.41, 5.74) is 1.31. The summed E-state index contributed by atoms with van der Waals surface area (Å²) < 4.78 is 1.72. The molecular formula is C26H23N3O3. The first kappa shape index (κ1) is 21.2. The number of aromatic nitrogens is 2. The Morgan fingerprint density at radius 3 is 2.44 bits per heavy atom. The number of nitrogens with zero attached hydrogens (tertiary/aromatic N) is 3. The Kier molecular flexibility index (Phi) is 5.94. The fraction of sp³-hybridized carbons (Fsp3) is 0.154. The third kappa shape index (κ3) is 3.95. The van der Waals surface area contributed by atoms with Crippen LogP contribution in [0.15, 0.2) is 97.5 Å². The second-order valence-corrected chi connectivity index (χ2v) is 7.67. The Bertz CT molecular complexity index is 1290. The van der Waals surface area contributed by atoms with Crippen LogP contribution in [0.25, 0.3) is 16.5 Å². The number of hydrogen-bond donors (Lipinski definition) is 0. The number of carbonyl (C=O) groups is 1. The smallest absolute Gasteiger partial charge is 0.247 e. The zero-order chi connectivity index (χ0) is 22.7. The van der Waals surface area contributed by atoms with Gasteiger partial charge in [0.15, 0.2) is 5.82 Å². The van der Waals surface area contributed by atoms with Gasteiger partial charge in [0, 0.05) is 24.0 Å². The van der Waals surface area contributed by atoms with Crippen molar-refractivity contribution < 1.29 is 9.72 Å². The molecule has 0 aliphatic rings. The standard InChI is InChI=1S/C26H23N3O3/c1-3-23(25(30)26-27-15-16-28(26)22-11-5-4-6-12-22)24(18(2)29(31)32)21-14-13-19-9-7-8-10-20(19)17-21/h4-17,23-24H,2-3H2,1H3/t23-,24-/m0/s1. The Morgan fingerprint density at radius 2 is 1.75 bits per heavy atom. The van der Waals surface area contributed by atoms with E-state index in [1.54, 1.807) is 17.0 Å². The minimum Gasteiger partial charge on any atom is -0.297 e. The highest BCUT2D eigenvalue weighted by atomic mass is 16.6. The fourth-order valence-electron chi connectivity index (χ4n) is 4.19. The molecule has 1 heterocycles. The van der Waals surface area contributed by atoms with Gasteiger partial charge in [0.05, 0.1) is 10.8 Å². The van der Waals surface area contributed by atoms with E-state index in [-0.39, 0.29) is 17.3 Å². The Morgan fingerprint density at radius 1 is 1.06 bits per heavy atom. The van der Waals surface area contributed by atoms with Crippen molar-refractivity contribution in [1.29, 1.82) is 0 Å². The highest BCUT2D eigenvalue weighted by molar-refractivity contribution is 5.96. The lowest BCUT2D eigenvalue weighted by Crippen LogP contribution is -2.27. The summed E-state index contributed by atoms with van der Waals surface area (Å²) in [6.45, 7) is 5.61. The number of fused-ring (bicyclic) bond motifs is 1. The molecule has 0 saturated heterocycles. The van der Waals surface area contributed by atoms with Gasteiger partial charge in [-0.2, -0.15) is 0 Å². The first-order chi connectivity index (χ1) is 15.5. The maximum absolute atomic E-state index is 13.7. The monoisotopic (exact) mass is 425 g/mol. The lowest BCUT2D eigenvalue weighted by atomic mass is 9.79. The molecule has 0 radical (unpaired) electrons.